The van der Waals surface area contributed by atoms with E-state index in [1.165, 1.54) is 0 Å². The Balaban J connectivity index is 1.48. The van der Waals surface area contributed by atoms with Crippen LogP contribution in [-0.2, 0) is 9.59 Å². The highest BCUT2D eigenvalue weighted by Gasteiger charge is 2.16. The predicted molar refractivity (Wildman–Crippen MR) is 106 cm³/mol. The molecule has 1 aliphatic heterocycles. The van der Waals surface area contributed by atoms with E-state index >= 15 is 0 Å². The molecule has 0 atom stereocenters. The van der Waals surface area contributed by atoms with Crippen molar-refractivity contribution in [2.45, 2.75) is 19.3 Å². The molecule has 3 N–H and O–H groups in total. The van der Waals surface area contributed by atoms with E-state index < -0.39 is 5.97 Å². The molecule has 1 aliphatic rings. The highest BCUT2D eigenvalue weighted by atomic mass is 16.7. The number of anilines is 1. The Morgan fingerprint density at radius 3 is 2.37 bits per heavy atom. The zero-order valence-electron chi connectivity index (χ0n) is 16.0. The molecular weight excluding hydrogens is 390 g/mol. The van der Waals surface area contributed by atoms with Crippen LogP contribution in [0.1, 0.15) is 35.2 Å². The van der Waals surface area contributed by atoms with Gasteiger partial charge in [0.1, 0.15) is 0 Å². The van der Waals surface area contributed by atoms with Gasteiger partial charge in [-0.1, -0.05) is 18.7 Å². The number of ether oxygens (including phenoxy) is 2. The summed E-state index contributed by atoms with van der Waals surface area (Å²) >= 11 is 0. The number of hydrogen-bond donors (Lipinski definition) is 3. The number of hydrazine groups is 1. The van der Waals surface area contributed by atoms with Gasteiger partial charge in [0.25, 0.3) is 5.91 Å². The fourth-order valence-corrected chi connectivity index (χ4v) is 2.69. The van der Waals surface area contributed by atoms with Gasteiger partial charge in [0.15, 0.2) is 11.5 Å². The summed E-state index contributed by atoms with van der Waals surface area (Å²) in [5, 5.41) is 13.0. The Bertz CT molecular complexity index is 971. The fourth-order valence-electron chi connectivity index (χ4n) is 2.69. The molecular formula is C21H20N3O6-. The molecule has 0 saturated carbocycles. The van der Waals surface area contributed by atoms with Gasteiger partial charge in [-0.3, -0.25) is 20.4 Å². The summed E-state index contributed by atoms with van der Waals surface area (Å²) in [4.78, 5) is 34.4. The number of amides is 2. The Hall–Kier alpha value is -4.01. The van der Waals surface area contributed by atoms with Crippen LogP contribution in [0.15, 0.2) is 49.0 Å². The topological polar surface area (TPSA) is 129 Å². The van der Waals surface area contributed by atoms with Crippen LogP contribution in [0, 0.1) is 0 Å². The first-order chi connectivity index (χ1) is 14.4. The molecule has 0 aromatic heterocycles. The third-order valence-corrected chi connectivity index (χ3v) is 4.26. The van der Waals surface area contributed by atoms with E-state index in [-0.39, 0.29) is 37.9 Å². The molecule has 0 unspecified atom stereocenters. The second-order valence-corrected chi connectivity index (χ2v) is 6.48. The lowest BCUT2D eigenvalue weighted by molar-refractivity contribution is -0.305. The molecule has 2 aromatic carbocycles. The minimum atomic E-state index is -1.18. The largest absolute Gasteiger partial charge is 0.550 e. The first-order valence-electron chi connectivity index (χ1n) is 9.17. The number of benzene rings is 2. The van der Waals surface area contributed by atoms with Crippen LogP contribution in [0.2, 0.25) is 0 Å². The number of carbonyl (C=O) groups is 3. The number of rotatable bonds is 9. The second kappa shape index (κ2) is 9.46. The van der Waals surface area contributed by atoms with Crippen LogP contribution in [0.3, 0.4) is 0 Å². The van der Waals surface area contributed by atoms with Crippen molar-refractivity contribution >= 4 is 29.2 Å². The van der Waals surface area contributed by atoms with Gasteiger partial charge < -0.3 is 24.7 Å². The van der Waals surface area contributed by atoms with Crippen molar-refractivity contribution in [3.8, 4) is 11.5 Å². The monoisotopic (exact) mass is 410 g/mol. The predicted octanol–water partition coefficient (Wildman–Crippen LogP) is 1.18. The molecule has 30 heavy (non-hydrogen) atoms. The fraction of sp³-hybridized carbons (Fsp3) is 0.190. The first-order valence-corrected chi connectivity index (χ1v) is 9.17. The lowest BCUT2D eigenvalue weighted by Gasteiger charge is -2.12. The molecule has 0 saturated heterocycles. The molecule has 9 heteroatoms. The Morgan fingerprint density at radius 1 is 0.933 bits per heavy atom. The molecule has 3 rings (SSSR count). The smallest absolute Gasteiger partial charge is 0.269 e. The van der Waals surface area contributed by atoms with Crippen molar-refractivity contribution in [1.29, 1.82) is 0 Å². The molecule has 2 aromatic rings. The summed E-state index contributed by atoms with van der Waals surface area (Å²) in [7, 11) is 0. The van der Waals surface area contributed by atoms with E-state index in [1.54, 1.807) is 42.5 Å². The number of hydrogen-bond acceptors (Lipinski definition) is 7. The van der Waals surface area contributed by atoms with Crippen molar-refractivity contribution in [1.82, 2.24) is 10.9 Å². The van der Waals surface area contributed by atoms with Gasteiger partial charge in [-0.25, -0.2) is 0 Å². The normalized spacial score (nSPS) is 11.5. The summed E-state index contributed by atoms with van der Waals surface area (Å²) in [6.45, 7) is 4.01. The molecule has 1 heterocycles. The number of carboxylic acids is 1. The second-order valence-electron chi connectivity index (χ2n) is 6.48. The maximum Gasteiger partial charge on any atom is 0.269 e. The summed E-state index contributed by atoms with van der Waals surface area (Å²) < 4.78 is 10.5. The Labute approximate surface area is 172 Å². The average molecular weight is 410 g/mol. The first kappa shape index (κ1) is 20.7. The molecule has 156 valence electrons. The zero-order valence-corrected chi connectivity index (χ0v) is 16.0. The van der Waals surface area contributed by atoms with Gasteiger partial charge in [-0.2, -0.15) is 0 Å². The van der Waals surface area contributed by atoms with Crippen molar-refractivity contribution in [3.05, 3.63) is 60.2 Å². The number of carbonyl (C=O) groups excluding carboxylic acids is 3. The molecule has 0 aliphatic carbocycles. The minimum absolute atomic E-state index is 0.0931. The van der Waals surface area contributed by atoms with Crippen molar-refractivity contribution in [2.75, 3.05) is 12.1 Å². The van der Waals surface area contributed by atoms with Crippen LogP contribution < -0.4 is 30.7 Å². The minimum Gasteiger partial charge on any atom is -0.550 e. The van der Waals surface area contributed by atoms with E-state index in [0.29, 0.717) is 34.0 Å². The number of nitrogens with one attached hydrogen (secondary N) is 3. The third kappa shape index (κ3) is 5.51. The molecule has 0 fully saturated rings. The summed E-state index contributed by atoms with van der Waals surface area (Å²) in [6.07, 6.45) is 0.155. The molecule has 2 amide bonds. The summed E-state index contributed by atoms with van der Waals surface area (Å²) in [6, 6.07) is 11.7. The van der Waals surface area contributed by atoms with E-state index in [0.717, 1.165) is 0 Å². The maximum absolute atomic E-state index is 12.3. The quantitative estimate of drug-likeness (QED) is 0.530. The Morgan fingerprint density at radius 2 is 1.63 bits per heavy atom. The van der Waals surface area contributed by atoms with Crippen molar-refractivity contribution in [2.24, 2.45) is 0 Å². The number of aliphatic carboxylic acids is 1. The van der Waals surface area contributed by atoms with E-state index in [9.17, 15) is 19.5 Å². The van der Waals surface area contributed by atoms with Crippen molar-refractivity contribution < 1.29 is 29.0 Å². The number of carboxylic acid groups (broad SMARTS) is 1. The van der Waals surface area contributed by atoms with Gasteiger partial charge in [0.05, 0.1) is 5.70 Å². The van der Waals surface area contributed by atoms with E-state index in [2.05, 4.69) is 22.7 Å². The van der Waals surface area contributed by atoms with Crippen LogP contribution in [0.5, 0.6) is 11.5 Å². The van der Waals surface area contributed by atoms with Gasteiger partial charge in [0.2, 0.25) is 12.7 Å². The number of fused-ring (bicyclic) bond motifs is 1. The van der Waals surface area contributed by atoms with Gasteiger partial charge in [-0.05, 0) is 48.7 Å². The Kier molecular flexibility index (Phi) is 6.53. The lowest BCUT2D eigenvalue weighted by atomic mass is 10.1. The molecule has 0 spiro atoms. The lowest BCUT2D eigenvalue weighted by Crippen LogP contribution is -2.35. The highest BCUT2D eigenvalue weighted by Crippen LogP contribution is 2.32. The van der Waals surface area contributed by atoms with Gasteiger partial charge >= 0.3 is 0 Å². The van der Waals surface area contributed by atoms with Crippen LogP contribution in [-0.4, -0.2) is 24.6 Å². The molecule has 0 bridgehead atoms. The molecule has 0 radical (unpaired) electrons. The van der Waals surface area contributed by atoms with Crippen LogP contribution in [0.25, 0.3) is 5.70 Å². The van der Waals surface area contributed by atoms with Crippen molar-refractivity contribution in [3.63, 3.8) is 0 Å². The van der Waals surface area contributed by atoms with Crippen LogP contribution >= 0.6 is 0 Å². The summed E-state index contributed by atoms with van der Waals surface area (Å²) in [5.41, 5.74) is 7.43. The van der Waals surface area contributed by atoms with Gasteiger partial charge in [-0.15, -0.1) is 0 Å². The standard InChI is InChI=1S/C21H21N3O6/c1-13(23-24-21(28)15-7-10-17-18(11-15)30-12-29-17)14-5-8-16(9-6-14)22-19(25)3-2-4-20(26)27/h5-11,23H,1-4,12H2,(H,22,25)(H,24,28)(H,26,27)/p-1. The highest BCUT2D eigenvalue weighted by molar-refractivity contribution is 5.95. The third-order valence-electron chi connectivity index (χ3n) is 4.26. The summed E-state index contributed by atoms with van der Waals surface area (Å²) in [5.74, 6) is -0.718. The average Bonchev–Trinajstić information content (AvgIpc) is 3.20. The van der Waals surface area contributed by atoms with E-state index in [4.69, 9.17) is 9.47 Å². The van der Waals surface area contributed by atoms with Gasteiger partial charge in [0, 0.05) is 23.6 Å². The maximum atomic E-state index is 12.3. The van der Waals surface area contributed by atoms with Crippen LogP contribution in [0.4, 0.5) is 5.69 Å². The zero-order chi connectivity index (χ0) is 21.5. The van der Waals surface area contributed by atoms with E-state index in [1.807, 2.05) is 0 Å². The molecule has 9 nitrogen and oxygen atoms in total. The SMILES string of the molecule is C=C(NNC(=O)c1ccc2c(c1)OCO2)c1ccc(NC(=O)CCCC(=O)[O-])cc1.